The summed E-state index contributed by atoms with van der Waals surface area (Å²) < 4.78 is 19.7. The van der Waals surface area contributed by atoms with Crippen LogP contribution in [0.25, 0.3) is 21.9 Å². The van der Waals surface area contributed by atoms with E-state index in [4.69, 9.17) is 4.74 Å². The molecule has 0 unspecified atom stereocenters. The van der Waals surface area contributed by atoms with Gasteiger partial charge in [-0.3, -0.25) is 9.78 Å². The fourth-order valence-corrected chi connectivity index (χ4v) is 3.91. The summed E-state index contributed by atoms with van der Waals surface area (Å²) in [5.74, 6) is -0.202. The van der Waals surface area contributed by atoms with Gasteiger partial charge < -0.3 is 10.1 Å². The lowest BCUT2D eigenvalue weighted by molar-refractivity contribution is -0.111. The van der Waals surface area contributed by atoms with E-state index < -0.39 is 11.4 Å². The average Bonchev–Trinajstić information content (AvgIpc) is 3.15. The number of hydrogen-bond acceptors (Lipinski definition) is 3. The number of fused-ring (bicyclic) bond motifs is 2. The van der Waals surface area contributed by atoms with Gasteiger partial charge in [-0.2, -0.15) is 0 Å². The first kappa shape index (κ1) is 16.7. The van der Waals surface area contributed by atoms with Crippen LogP contribution < -0.4 is 5.32 Å². The molecule has 0 atom stereocenters. The molecule has 2 aliphatic heterocycles. The smallest absolute Gasteiger partial charge is 0.260 e. The van der Waals surface area contributed by atoms with Gasteiger partial charge >= 0.3 is 0 Å². The highest BCUT2D eigenvalue weighted by molar-refractivity contribution is 6.32. The molecule has 2 aliphatic rings. The number of pyridine rings is 1. The Morgan fingerprint density at radius 2 is 1.89 bits per heavy atom. The van der Waals surface area contributed by atoms with E-state index in [0.29, 0.717) is 22.6 Å². The Hall–Kier alpha value is -3.47. The second kappa shape index (κ2) is 5.76. The summed E-state index contributed by atoms with van der Waals surface area (Å²) in [6.07, 6.45) is 5.55. The van der Waals surface area contributed by atoms with E-state index in [9.17, 15) is 9.18 Å². The van der Waals surface area contributed by atoms with Crippen molar-refractivity contribution in [2.75, 3.05) is 5.32 Å². The van der Waals surface area contributed by atoms with Crippen LogP contribution in [0.1, 0.15) is 25.0 Å². The maximum Gasteiger partial charge on any atom is 0.260 e. The van der Waals surface area contributed by atoms with Crippen molar-refractivity contribution in [3.63, 3.8) is 0 Å². The van der Waals surface area contributed by atoms with Crippen molar-refractivity contribution in [1.82, 2.24) is 4.98 Å². The third kappa shape index (κ3) is 2.43. The van der Waals surface area contributed by atoms with Gasteiger partial charge in [-0.1, -0.05) is 24.3 Å². The van der Waals surface area contributed by atoms with E-state index in [1.54, 1.807) is 6.07 Å². The number of amides is 1. The van der Waals surface area contributed by atoms with Crippen LogP contribution in [0.5, 0.6) is 0 Å². The molecule has 138 valence electrons. The summed E-state index contributed by atoms with van der Waals surface area (Å²) in [6.45, 7) is 3.93. The molecule has 5 heteroatoms. The highest BCUT2D eigenvalue weighted by Gasteiger charge is 2.38. The molecule has 5 rings (SSSR count). The third-order valence-corrected chi connectivity index (χ3v) is 5.22. The van der Waals surface area contributed by atoms with Crippen LogP contribution in [-0.2, 0) is 9.53 Å². The molecule has 0 saturated carbocycles. The van der Waals surface area contributed by atoms with Gasteiger partial charge in [0.15, 0.2) is 0 Å². The number of allylic oxidation sites excluding steroid dienone is 1. The van der Waals surface area contributed by atoms with Crippen LogP contribution in [0, 0.1) is 5.82 Å². The molecule has 3 aromatic rings. The first-order valence-electron chi connectivity index (χ1n) is 9.04. The molecule has 2 aromatic carbocycles. The topological polar surface area (TPSA) is 51.2 Å². The molecule has 1 aromatic heterocycles. The SMILES string of the molecule is CC1(C)O/C(=C2/C(=O)Nc3cc(F)ccc32)C=C1c1cncc2ccccc12. The predicted octanol–water partition coefficient (Wildman–Crippen LogP) is 4.93. The summed E-state index contributed by atoms with van der Waals surface area (Å²) in [5.41, 5.74) is 2.80. The van der Waals surface area contributed by atoms with Gasteiger partial charge in [0, 0.05) is 34.5 Å². The van der Waals surface area contributed by atoms with E-state index in [2.05, 4.69) is 16.4 Å². The number of anilines is 1. The lowest BCUT2D eigenvalue weighted by Gasteiger charge is -2.24. The Kier molecular flexibility index (Phi) is 3.43. The molecule has 0 radical (unpaired) electrons. The number of carbonyl (C=O) groups excluding carboxylic acids is 1. The van der Waals surface area contributed by atoms with Crippen LogP contribution in [-0.4, -0.2) is 16.5 Å². The molecule has 3 heterocycles. The van der Waals surface area contributed by atoms with Gasteiger partial charge in [-0.05, 0) is 43.5 Å². The Balaban J connectivity index is 1.72. The third-order valence-electron chi connectivity index (χ3n) is 5.22. The van der Waals surface area contributed by atoms with Crippen LogP contribution in [0.4, 0.5) is 10.1 Å². The zero-order chi connectivity index (χ0) is 19.5. The van der Waals surface area contributed by atoms with Crippen LogP contribution in [0.15, 0.2) is 66.7 Å². The van der Waals surface area contributed by atoms with E-state index in [1.807, 2.05) is 50.5 Å². The molecule has 0 fully saturated rings. The van der Waals surface area contributed by atoms with Gasteiger partial charge in [0.2, 0.25) is 0 Å². The lowest BCUT2D eigenvalue weighted by atomic mass is 9.90. The molecule has 1 amide bonds. The number of nitrogens with zero attached hydrogens (tertiary/aromatic N) is 1. The number of benzene rings is 2. The Morgan fingerprint density at radius 3 is 2.75 bits per heavy atom. The van der Waals surface area contributed by atoms with E-state index in [1.165, 1.54) is 12.1 Å². The van der Waals surface area contributed by atoms with Gasteiger partial charge in [0.1, 0.15) is 17.2 Å². The van der Waals surface area contributed by atoms with Crippen molar-refractivity contribution < 1.29 is 13.9 Å². The van der Waals surface area contributed by atoms with Crippen molar-refractivity contribution in [3.05, 3.63) is 83.6 Å². The molecule has 28 heavy (non-hydrogen) atoms. The summed E-state index contributed by atoms with van der Waals surface area (Å²) in [5, 5.41) is 4.83. The standard InChI is InChI=1S/C23H17FN2O2/c1-23(2)18(17-12-25-11-13-5-3-4-6-15(13)17)10-20(28-23)21-16-8-7-14(24)9-19(16)26-22(21)27/h3-12H,1-2H3,(H,26,27)/b21-20+. The van der Waals surface area contributed by atoms with Crippen molar-refractivity contribution in [1.29, 1.82) is 0 Å². The number of ether oxygens (including phenoxy) is 1. The second-order valence-electron chi connectivity index (χ2n) is 7.46. The van der Waals surface area contributed by atoms with Gasteiger partial charge in [0.25, 0.3) is 5.91 Å². The van der Waals surface area contributed by atoms with E-state index in [0.717, 1.165) is 21.9 Å². The molecule has 0 aliphatic carbocycles. The zero-order valence-corrected chi connectivity index (χ0v) is 15.4. The molecule has 0 spiro atoms. The maximum atomic E-state index is 13.5. The number of halogens is 1. The fraction of sp³-hybridized carbons (Fsp3) is 0.130. The summed E-state index contributed by atoms with van der Waals surface area (Å²) in [7, 11) is 0. The summed E-state index contributed by atoms with van der Waals surface area (Å²) >= 11 is 0. The minimum Gasteiger partial charge on any atom is -0.482 e. The minimum atomic E-state index is -0.642. The van der Waals surface area contributed by atoms with Crippen molar-refractivity contribution in [2.45, 2.75) is 19.4 Å². The predicted molar refractivity (Wildman–Crippen MR) is 107 cm³/mol. The maximum absolute atomic E-state index is 13.5. The fourth-order valence-electron chi connectivity index (χ4n) is 3.91. The number of carbonyl (C=O) groups is 1. The number of hydrogen-bond donors (Lipinski definition) is 1. The molecule has 0 saturated heterocycles. The number of nitrogens with one attached hydrogen (secondary N) is 1. The van der Waals surface area contributed by atoms with Crippen molar-refractivity contribution >= 4 is 33.5 Å². The molecule has 1 N–H and O–H groups in total. The molecule has 0 bridgehead atoms. The number of aromatic nitrogens is 1. The quantitative estimate of drug-likeness (QED) is 0.616. The van der Waals surface area contributed by atoms with Crippen LogP contribution in [0.3, 0.4) is 0 Å². The first-order valence-corrected chi connectivity index (χ1v) is 9.04. The molecular weight excluding hydrogens is 355 g/mol. The van der Waals surface area contributed by atoms with Crippen molar-refractivity contribution in [3.8, 4) is 0 Å². The summed E-state index contributed by atoms with van der Waals surface area (Å²) in [4.78, 5) is 17.0. The van der Waals surface area contributed by atoms with Crippen LogP contribution in [0.2, 0.25) is 0 Å². The highest BCUT2D eigenvalue weighted by atomic mass is 19.1. The van der Waals surface area contributed by atoms with Gasteiger partial charge in [-0.25, -0.2) is 4.39 Å². The average molecular weight is 372 g/mol. The first-order chi connectivity index (χ1) is 13.4. The van der Waals surface area contributed by atoms with Crippen LogP contribution >= 0.6 is 0 Å². The Bertz CT molecular complexity index is 1220. The zero-order valence-electron chi connectivity index (χ0n) is 15.4. The Labute approximate surface area is 161 Å². The molecular formula is C23H17FN2O2. The Morgan fingerprint density at radius 1 is 1.07 bits per heavy atom. The second-order valence-corrected chi connectivity index (χ2v) is 7.46. The summed E-state index contributed by atoms with van der Waals surface area (Å²) in [6, 6.07) is 12.3. The van der Waals surface area contributed by atoms with Gasteiger partial charge in [-0.15, -0.1) is 0 Å². The lowest BCUT2D eigenvalue weighted by Crippen LogP contribution is -2.21. The van der Waals surface area contributed by atoms with E-state index >= 15 is 0 Å². The molecule has 4 nitrogen and oxygen atoms in total. The van der Waals surface area contributed by atoms with Crippen molar-refractivity contribution in [2.24, 2.45) is 0 Å². The monoisotopic (exact) mass is 372 g/mol. The van der Waals surface area contributed by atoms with E-state index in [-0.39, 0.29) is 5.91 Å². The largest absolute Gasteiger partial charge is 0.482 e. The van der Waals surface area contributed by atoms with Gasteiger partial charge in [0.05, 0.1) is 11.3 Å². The highest BCUT2D eigenvalue weighted by Crippen LogP contribution is 2.45. The normalized spacial score (nSPS) is 20.0. The minimum absolute atomic E-state index is 0.292. The number of rotatable bonds is 1.